The van der Waals surface area contributed by atoms with Crippen molar-refractivity contribution >= 4 is 11.9 Å². The Balaban J connectivity index is 2.29. The van der Waals surface area contributed by atoms with E-state index < -0.39 is 11.9 Å². The quantitative estimate of drug-likeness (QED) is 0.555. The van der Waals surface area contributed by atoms with E-state index in [0.29, 0.717) is 13.1 Å². The Morgan fingerprint density at radius 3 is 2.50 bits per heavy atom. The van der Waals surface area contributed by atoms with E-state index in [-0.39, 0.29) is 13.0 Å². The highest BCUT2D eigenvalue weighted by Crippen LogP contribution is 1.98. The first-order valence-electron chi connectivity index (χ1n) is 6.10. The number of nitrogens with two attached hydrogens (primary N) is 1. The van der Waals surface area contributed by atoms with Crippen LogP contribution in [0.15, 0.2) is 0 Å². The Labute approximate surface area is 106 Å². The molecule has 7 heteroatoms. The van der Waals surface area contributed by atoms with Crippen molar-refractivity contribution < 1.29 is 19.4 Å². The first-order valence-corrected chi connectivity index (χ1v) is 6.10. The molecule has 1 heterocycles. The minimum Gasteiger partial charge on any atom is -0.481 e. The van der Waals surface area contributed by atoms with Gasteiger partial charge in [-0.15, -0.1) is 0 Å². The van der Waals surface area contributed by atoms with E-state index >= 15 is 0 Å². The highest BCUT2D eigenvalue weighted by molar-refractivity contribution is 5.76. The molecule has 1 fully saturated rings. The second kappa shape index (κ2) is 8.02. The Morgan fingerprint density at radius 1 is 1.28 bits per heavy atom. The maximum atomic E-state index is 10.9. The van der Waals surface area contributed by atoms with E-state index in [0.717, 1.165) is 32.8 Å². The summed E-state index contributed by atoms with van der Waals surface area (Å²) in [5, 5.41) is 8.64. The molecule has 0 aromatic carbocycles. The third kappa shape index (κ3) is 6.53. The standard InChI is InChI=1S/C11H21N3O4/c12-10(15)9-14(2-1-11(16)17)4-3-13-5-7-18-8-6-13/h1-9H2,(H2,12,15)(H,16,17). The third-order valence-corrected chi connectivity index (χ3v) is 2.86. The molecule has 0 aromatic rings. The molecular weight excluding hydrogens is 238 g/mol. The van der Waals surface area contributed by atoms with Crippen molar-refractivity contribution in [3.8, 4) is 0 Å². The molecule has 0 aromatic heterocycles. The van der Waals surface area contributed by atoms with Gasteiger partial charge >= 0.3 is 5.97 Å². The molecule has 1 saturated heterocycles. The van der Waals surface area contributed by atoms with Gasteiger partial charge in [0.05, 0.1) is 26.2 Å². The summed E-state index contributed by atoms with van der Waals surface area (Å²) >= 11 is 0. The number of carbonyl (C=O) groups excluding carboxylic acids is 1. The number of hydrogen-bond acceptors (Lipinski definition) is 5. The number of ether oxygens (including phenoxy) is 1. The number of morpholine rings is 1. The fourth-order valence-electron chi connectivity index (χ4n) is 1.85. The van der Waals surface area contributed by atoms with Gasteiger partial charge in [0.15, 0.2) is 0 Å². The largest absolute Gasteiger partial charge is 0.481 e. The molecule has 18 heavy (non-hydrogen) atoms. The molecule has 0 spiro atoms. The van der Waals surface area contributed by atoms with Crippen LogP contribution >= 0.6 is 0 Å². The van der Waals surface area contributed by atoms with E-state index in [4.69, 9.17) is 15.6 Å². The molecule has 7 nitrogen and oxygen atoms in total. The molecule has 3 N–H and O–H groups in total. The number of carboxylic acid groups (broad SMARTS) is 1. The van der Waals surface area contributed by atoms with Crippen LogP contribution in [0.25, 0.3) is 0 Å². The molecule has 104 valence electrons. The molecule has 0 unspecified atom stereocenters. The first-order chi connectivity index (χ1) is 8.58. The summed E-state index contributed by atoms with van der Waals surface area (Å²) < 4.78 is 5.24. The van der Waals surface area contributed by atoms with Crippen molar-refractivity contribution in [3.05, 3.63) is 0 Å². The maximum absolute atomic E-state index is 10.9. The average molecular weight is 259 g/mol. The maximum Gasteiger partial charge on any atom is 0.304 e. The summed E-state index contributed by atoms with van der Waals surface area (Å²) in [7, 11) is 0. The minimum atomic E-state index is -0.865. The van der Waals surface area contributed by atoms with Crippen molar-refractivity contribution in [1.29, 1.82) is 0 Å². The van der Waals surface area contributed by atoms with Crippen LogP contribution in [0.3, 0.4) is 0 Å². The number of carbonyl (C=O) groups is 2. The summed E-state index contributed by atoms with van der Waals surface area (Å²) in [6.45, 7) is 5.12. The summed E-state index contributed by atoms with van der Waals surface area (Å²) in [5.74, 6) is -1.29. The van der Waals surface area contributed by atoms with Crippen LogP contribution in [0, 0.1) is 0 Å². The number of hydrogen-bond donors (Lipinski definition) is 2. The predicted molar refractivity (Wildman–Crippen MR) is 65.1 cm³/mol. The van der Waals surface area contributed by atoms with Gasteiger partial charge in [0.25, 0.3) is 0 Å². The Bertz CT molecular complexity index is 279. The smallest absolute Gasteiger partial charge is 0.304 e. The lowest BCUT2D eigenvalue weighted by molar-refractivity contribution is -0.137. The topological polar surface area (TPSA) is 96.1 Å². The highest BCUT2D eigenvalue weighted by Gasteiger charge is 2.14. The van der Waals surface area contributed by atoms with Crippen LogP contribution in [-0.2, 0) is 14.3 Å². The number of aliphatic carboxylic acids is 1. The normalized spacial score (nSPS) is 16.9. The van der Waals surface area contributed by atoms with E-state index in [1.54, 1.807) is 4.90 Å². The van der Waals surface area contributed by atoms with Crippen molar-refractivity contribution in [2.24, 2.45) is 5.73 Å². The first kappa shape index (κ1) is 14.9. The molecule has 0 radical (unpaired) electrons. The lowest BCUT2D eigenvalue weighted by Gasteiger charge is -2.29. The summed E-state index contributed by atoms with van der Waals surface area (Å²) in [6.07, 6.45) is 0.0242. The monoisotopic (exact) mass is 259 g/mol. The fourth-order valence-corrected chi connectivity index (χ4v) is 1.85. The van der Waals surface area contributed by atoms with Gasteiger partial charge in [-0.1, -0.05) is 0 Å². The second-order valence-corrected chi connectivity index (χ2v) is 4.34. The van der Waals surface area contributed by atoms with Crippen molar-refractivity contribution in [2.45, 2.75) is 6.42 Å². The van der Waals surface area contributed by atoms with Gasteiger partial charge in [0, 0.05) is 32.7 Å². The molecule has 0 saturated carbocycles. The van der Waals surface area contributed by atoms with Crippen molar-refractivity contribution in [1.82, 2.24) is 9.80 Å². The fraction of sp³-hybridized carbons (Fsp3) is 0.818. The number of amides is 1. The highest BCUT2D eigenvalue weighted by atomic mass is 16.5. The van der Waals surface area contributed by atoms with Gasteiger partial charge in [0.1, 0.15) is 0 Å². The van der Waals surface area contributed by atoms with Gasteiger partial charge in [-0.3, -0.25) is 19.4 Å². The summed E-state index contributed by atoms with van der Waals surface area (Å²) in [4.78, 5) is 25.4. The predicted octanol–water partition coefficient (Wildman–Crippen LogP) is -1.42. The number of rotatable bonds is 8. The zero-order valence-corrected chi connectivity index (χ0v) is 10.5. The molecular formula is C11H21N3O4. The van der Waals surface area contributed by atoms with E-state index in [1.165, 1.54) is 0 Å². The van der Waals surface area contributed by atoms with Crippen molar-refractivity contribution in [3.63, 3.8) is 0 Å². The molecule has 1 aliphatic rings. The number of nitrogens with zero attached hydrogens (tertiary/aromatic N) is 2. The molecule has 0 aliphatic carbocycles. The molecule has 1 rings (SSSR count). The van der Waals surface area contributed by atoms with Crippen molar-refractivity contribution in [2.75, 3.05) is 52.5 Å². The Kier molecular flexibility index (Phi) is 6.63. The van der Waals surface area contributed by atoms with Gasteiger partial charge in [-0.25, -0.2) is 0 Å². The average Bonchev–Trinajstić information content (AvgIpc) is 2.33. The molecule has 0 atom stereocenters. The van der Waals surface area contributed by atoms with Crippen LogP contribution in [0.4, 0.5) is 0 Å². The van der Waals surface area contributed by atoms with Gasteiger partial charge < -0.3 is 15.6 Å². The van der Waals surface area contributed by atoms with Crippen LogP contribution in [-0.4, -0.2) is 79.3 Å². The number of carboxylic acids is 1. The van der Waals surface area contributed by atoms with Crippen LogP contribution < -0.4 is 5.73 Å². The van der Waals surface area contributed by atoms with Crippen LogP contribution in [0.5, 0.6) is 0 Å². The second-order valence-electron chi connectivity index (χ2n) is 4.34. The summed E-state index contributed by atoms with van der Waals surface area (Å²) in [6, 6.07) is 0. The number of primary amides is 1. The SMILES string of the molecule is NC(=O)CN(CCC(=O)O)CCN1CCOCC1. The zero-order chi connectivity index (χ0) is 13.4. The lowest BCUT2D eigenvalue weighted by atomic mass is 10.3. The van der Waals surface area contributed by atoms with Gasteiger partial charge in [-0.05, 0) is 0 Å². The van der Waals surface area contributed by atoms with Gasteiger partial charge in [0.2, 0.25) is 5.91 Å². The summed E-state index contributed by atoms with van der Waals surface area (Å²) in [5.41, 5.74) is 5.15. The Morgan fingerprint density at radius 2 is 1.94 bits per heavy atom. The lowest BCUT2D eigenvalue weighted by Crippen LogP contribution is -2.44. The molecule has 0 bridgehead atoms. The van der Waals surface area contributed by atoms with Crippen LogP contribution in [0.1, 0.15) is 6.42 Å². The zero-order valence-electron chi connectivity index (χ0n) is 10.5. The van der Waals surface area contributed by atoms with Gasteiger partial charge in [-0.2, -0.15) is 0 Å². The van der Waals surface area contributed by atoms with E-state index in [9.17, 15) is 9.59 Å². The third-order valence-electron chi connectivity index (χ3n) is 2.86. The molecule has 1 amide bonds. The molecule has 1 aliphatic heterocycles. The van der Waals surface area contributed by atoms with Crippen LogP contribution in [0.2, 0.25) is 0 Å². The van der Waals surface area contributed by atoms with E-state index in [2.05, 4.69) is 4.90 Å². The minimum absolute atomic E-state index is 0.0242. The Hall–Kier alpha value is -1.18. The van der Waals surface area contributed by atoms with E-state index in [1.807, 2.05) is 0 Å².